The zero-order chi connectivity index (χ0) is 16.6. The molecule has 3 nitrogen and oxygen atoms in total. The Morgan fingerprint density at radius 3 is 1.91 bits per heavy atom. The Bertz CT molecular complexity index is 307. The molecule has 0 aliphatic heterocycles. The van der Waals surface area contributed by atoms with Crippen molar-refractivity contribution in [2.24, 2.45) is 15.9 Å². The van der Waals surface area contributed by atoms with E-state index in [1.807, 2.05) is 0 Å². The van der Waals surface area contributed by atoms with Crippen molar-refractivity contribution in [1.29, 1.82) is 0 Å². The van der Waals surface area contributed by atoms with Crippen molar-refractivity contribution in [3.63, 3.8) is 0 Å². The lowest BCUT2D eigenvalue weighted by molar-refractivity contribution is 0.452. The highest BCUT2D eigenvalue weighted by Crippen LogP contribution is 2.21. The average Bonchev–Trinajstić information content (AvgIpc) is 2.50. The van der Waals surface area contributed by atoms with Gasteiger partial charge < -0.3 is 4.90 Å². The zero-order valence-electron chi connectivity index (χ0n) is 15.4. The van der Waals surface area contributed by atoms with E-state index in [1.54, 1.807) is 6.34 Å². The van der Waals surface area contributed by atoms with E-state index in [9.17, 15) is 0 Å². The molecule has 0 rings (SSSR count). The van der Waals surface area contributed by atoms with Gasteiger partial charge in [0, 0.05) is 26.2 Å². The first-order valence-corrected chi connectivity index (χ1v) is 9.04. The number of rotatable bonds is 13. The van der Waals surface area contributed by atoms with E-state index >= 15 is 0 Å². The first kappa shape index (κ1) is 20.9. The summed E-state index contributed by atoms with van der Waals surface area (Å²) in [6, 6.07) is 0. The second-order valence-electron chi connectivity index (χ2n) is 6.22. The molecule has 0 amide bonds. The van der Waals surface area contributed by atoms with Crippen LogP contribution in [0.2, 0.25) is 0 Å². The Balaban J connectivity index is 4.68. The van der Waals surface area contributed by atoms with E-state index in [1.165, 1.54) is 76.2 Å². The predicted molar refractivity (Wildman–Crippen MR) is 101 cm³/mol. The molecule has 0 unspecified atom stereocenters. The van der Waals surface area contributed by atoms with Crippen LogP contribution in [0.15, 0.2) is 22.8 Å². The van der Waals surface area contributed by atoms with Gasteiger partial charge in [-0.2, -0.15) is 0 Å². The van der Waals surface area contributed by atoms with Crippen molar-refractivity contribution in [2.45, 2.75) is 78.1 Å². The number of hydrogen-bond acceptors (Lipinski definition) is 1. The summed E-state index contributed by atoms with van der Waals surface area (Å²) in [6.07, 6.45) is 16.2. The molecule has 0 N–H and O–H groups in total. The van der Waals surface area contributed by atoms with Gasteiger partial charge in [-0.05, 0) is 12.8 Å². The molecule has 0 aliphatic carbocycles. The minimum absolute atomic E-state index is 0.556. The summed E-state index contributed by atoms with van der Waals surface area (Å²) >= 11 is 0. The molecule has 0 radical (unpaired) electrons. The molecule has 0 aromatic rings. The molecule has 0 atom stereocenters. The molecule has 22 heavy (non-hydrogen) atoms. The summed E-state index contributed by atoms with van der Waals surface area (Å²) in [5, 5.41) is 0. The van der Waals surface area contributed by atoms with Crippen LogP contribution in [-0.4, -0.2) is 31.2 Å². The van der Waals surface area contributed by atoms with Gasteiger partial charge in [-0.3, -0.25) is 0 Å². The monoisotopic (exact) mass is 307 g/mol. The van der Waals surface area contributed by atoms with E-state index in [2.05, 4.69) is 49.4 Å². The van der Waals surface area contributed by atoms with E-state index in [-0.39, 0.29) is 0 Å². The molecular formula is C19H37N3. The molecule has 0 saturated carbocycles. The van der Waals surface area contributed by atoms with Crippen molar-refractivity contribution >= 4 is 12.2 Å². The number of amidine groups is 1. The van der Waals surface area contributed by atoms with E-state index < -0.39 is 0 Å². The highest BCUT2D eigenvalue weighted by atomic mass is 15.1. The van der Waals surface area contributed by atoms with Crippen LogP contribution in [0, 0.1) is 5.92 Å². The Hall–Kier alpha value is -1.12. The van der Waals surface area contributed by atoms with Crippen molar-refractivity contribution in [3.05, 3.63) is 12.8 Å². The predicted octanol–water partition coefficient (Wildman–Crippen LogP) is 5.68. The summed E-state index contributed by atoms with van der Waals surface area (Å²) in [4.78, 5) is 10.8. The minimum Gasteiger partial charge on any atom is -0.366 e. The van der Waals surface area contributed by atoms with Crippen LogP contribution < -0.4 is 0 Å². The van der Waals surface area contributed by atoms with Gasteiger partial charge in [0.2, 0.25) is 0 Å². The summed E-state index contributed by atoms with van der Waals surface area (Å²) < 4.78 is 0. The molecule has 0 aromatic heterocycles. The number of aliphatic imine (C=N–C) groups is 2. The van der Waals surface area contributed by atoms with Crippen molar-refractivity contribution in [1.82, 2.24) is 4.90 Å². The van der Waals surface area contributed by atoms with Crippen LogP contribution in [-0.2, 0) is 0 Å². The fourth-order valence-corrected chi connectivity index (χ4v) is 2.76. The quantitative estimate of drug-likeness (QED) is 0.244. The first-order chi connectivity index (χ1) is 10.7. The molecule has 0 aromatic carbocycles. The standard InChI is InChI=1S/C19H37N3/c1-6-9-11-13-15-18(16-14-12-10-7-2)19(22(4)5)21-17-20-8-3/h8,17-18H,3,6-7,9-16H2,1-2,4-5H3. The number of unbranched alkanes of at least 4 members (excludes halogenated alkanes) is 6. The molecule has 3 heteroatoms. The van der Waals surface area contributed by atoms with Crippen LogP contribution in [0.1, 0.15) is 78.1 Å². The van der Waals surface area contributed by atoms with Crippen molar-refractivity contribution < 1.29 is 0 Å². The smallest absolute Gasteiger partial charge is 0.117 e. The summed E-state index contributed by atoms with van der Waals surface area (Å²) in [7, 11) is 4.18. The summed E-state index contributed by atoms with van der Waals surface area (Å²) in [5.41, 5.74) is 0. The molecule has 0 fully saturated rings. The average molecular weight is 308 g/mol. The van der Waals surface area contributed by atoms with Gasteiger partial charge in [0.25, 0.3) is 0 Å². The molecule has 0 aliphatic rings. The van der Waals surface area contributed by atoms with E-state index in [0.717, 1.165) is 0 Å². The lowest BCUT2D eigenvalue weighted by Crippen LogP contribution is -2.30. The van der Waals surface area contributed by atoms with Crippen LogP contribution in [0.3, 0.4) is 0 Å². The van der Waals surface area contributed by atoms with Gasteiger partial charge >= 0.3 is 0 Å². The Kier molecular flexibility index (Phi) is 14.0. The maximum absolute atomic E-state index is 4.59. The Morgan fingerprint density at radius 2 is 1.50 bits per heavy atom. The van der Waals surface area contributed by atoms with Gasteiger partial charge in [-0.25, -0.2) is 9.98 Å². The van der Waals surface area contributed by atoms with Crippen LogP contribution in [0.4, 0.5) is 0 Å². The largest absolute Gasteiger partial charge is 0.366 e. The number of nitrogens with zero attached hydrogens (tertiary/aromatic N) is 3. The third-order valence-electron chi connectivity index (χ3n) is 4.00. The lowest BCUT2D eigenvalue weighted by atomic mass is 9.93. The second-order valence-corrected chi connectivity index (χ2v) is 6.22. The fraction of sp³-hybridized carbons (Fsp3) is 0.789. The van der Waals surface area contributed by atoms with Crippen LogP contribution in [0.25, 0.3) is 0 Å². The second kappa shape index (κ2) is 14.8. The minimum atomic E-state index is 0.556. The summed E-state index contributed by atoms with van der Waals surface area (Å²) in [6.45, 7) is 8.14. The fourth-order valence-electron chi connectivity index (χ4n) is 2.76. The van der Waals surface area contributed by atoms with Gasteiger partial charge in [-0.1, -0.05) is 71.8 Å². The zero-order valence-corrected chi connectivity index (χ0v) is 15.4. The lowest BCUT2D eigenvalue weighted by Gasteiger charge is -2.24. The highest BCUT2D eigenvalue weighted by Gasteiger charge is 2.17. The molecule has 0 heterocycles. The van der Waals surface area contributed by atoms with Crippen molar-refractivity contribution in [2.75, 3.05) is 14.1 Å². The molecule has 0 bridgehead atoms. The normalized spacial score (nSPS) is 12.3. The van der Waals surface area contributed by atoms with Gasteiger partial charge in [0.15, 0.2) is 0 Å². The third-order valence-corrected chi connectivity index (χ3v) is 4.00. The maximum atomic E-state index is 4.59. The Morgan fingerprint density at radius 1 is 0.955 bits per heavy atom. The van der Waals surface area contributed by atoms with Crippen molar-refractivity contribution in [3.8, 4) is 0 Å². The van der Waals surface area contributed by atoms with E-state index in [0.29, 0.717) is 5.92 Å². The van der Waals surface area contributed by atoms with Crippen LogP contribution in [0.5, 0.6) is 0 Å². The van der Waals surface area contributed by atoms with E-state index in [4.69, 9.17) is 0 Å². The molecule has 128 valence electrons. The molecule has 0 spiro atoms. The SMILES string of the molecule is C=CN=CN=C(C(CCCCCC)CCCCCC)N(C)C. The van der Waals surface area contributed by atoms with Gasteiger partial charge in [0.1, 0.15) is 12.2 Å². The first-order valence-electron chi connectivity index (χ1n) is 9.04. The Labute approximate surface area is 138 Å². The highest BCUT2D eigenvalue weighted by molar-refractivity contribution is 5.90. The summed E-state index contributed by atoms with van der Waals surface area (Å²) in [5.74, 6) is 1.72. The molecular weight excluding hydrogens is 270 g/mol. The third kappa shape index (κ3) is 10.6. The maximum Gasteiger partial charge on any atom is 0.117 e. The van der Waals surface area contributed by atoms with Gasteiger partial charge in [0.05, 0.1) is 0 Å². The van der Waals surface area contributed by atoms with Crippen LogP contribution >= 0.6 is 0 Å². The topological polar surface area (TPSA) is 28.0 Å². The van der Waals surface area contributed by atoms with Gasteiger partial charge in [-0.15, -0.1) is 0 Å². The molecule has 0 saturated heterocycles. The number of hydrogen-bond donors (Lipinski definition) is 0.